The lowest BCUT2D eigenvalue weighted by Gasteiger charge is -2.23. The Labute approximate surface area is 177 Å². The monoisotopic (exact) mass is 434 g/mol. The van der Waals surface area contributed by atoms with Crippen molar-refractivity contribution in [2.45, 2.75) is 23.5 Å². The van der Waals surface area contributed by atoms with Crippen molar-refractivity contribution in [2.75, 3.05) is 17.7 Å². The Balaban J connectivity index is 1.67. The molecule has 8 heteroatoms. The van der Waals surface area contributed by atoms with Crippen LogP contribution < -0.4 is 5.32 Å². The van der Waals surface area contributed by atoms with E-state index in [4.69, 9.17) is 16.3 Å². The highest BCUT2D eigenvalue weighted by molar-refractivity contribution is 8.17. The van der Waals surface area contributed by atoms with Crippen LogP contribution in [0, 0.1) is 0 Å². The number of carbonyl (C=O) groups is 2. The first-order valence-electron chi connectivity index (χ1n) is 8.73. The summed E-state index contributed by atoms with van der Waals surface area (Å²) in [7, 11) is 0. The number of rotatable bonds is 6. The van der Waals surface area contributed by atoms with Crippen LogP contribution in [0.4, 0.5) is 11.4 Å². The van der Waals surface area contributed by atoms with Crippen molar-refractivity contribution in [1.29, 1.82) is 0 Å². The van der Waals surface area contributed by atoms with E-state index in [1.54, 1.807) is 43.0 Å². The van der Waals surface area contributed by atoms with Gasteiger partial charge in [0.15, 0.2) is 0 Å². The number of anilines is 1. The molecule has 2 aromatic rings. The molecule has 0 radical (unpaired) electrons. The van der Waals surface area contributed by atoms with Crippen LogP contribution in [0.1, 0.15) is 13.3 Å². The zero-order chi connectivity index (χ0) is 19.9. The number of hydrogen-bond donors (Lipinski definition) is 1. The van der Waals surface area contributed by atoms with Crippen LogP contribution in [0.3, 0.4) is 0 Å². The van der Waals surface area contributed by atoms with E-state index in [9.17, 15) is 9.59 Å². The maximum absolute atomic E-state index is 12.3. The number of benzene rings is 2. The molecule has 1 atom stereocenters. The number of para-hydroxylation sites is 1. The van der Waals surface area contributed by atoms with Gasteiger partial charge in [-0.15, -0.1) is 11.8 Å². The number of hydrogen-bond acceptors (Lipinski definition) is 6. The third-order valence-electron chi connectivity index (χ3n) is 3.78. The summed E-state index contributed by atoms with van der Waals surface area (Å²) in [4.78, 5) is 30.0. The predicted octanol–water partition coefficient (Wildman–Crippen LogP) is 5.17. The smallest absolute Gasteiger partial charge is 0.307 e. The largest absolute Gasteiger partial charge is 0.466 e. The molecule has 3 rings (SSSR count). The first kappa shape index (κ1) is 20.8. The van der Waals surface area contributed by atoms with E-state index >= 15 is 0 Å². The van der Waals surface area contributed by atoms with E-state index in [2.05, 4.69) is 10.3 Å². The number of ether oxygens (including phenoxy) is 1. The molecule has 0 fully saturated rings. The maximum Gasteiger partial charge on any atom is 0.307 e. The Morgan fingerprint density at radius 1 is 1.21 bits per heavy atom. The number of esters is 1. The average Bonchev–Trinajstić information content (AvgIpc) is 2.68. The fourth-order valence-corrected chi connectivity index (χ4v) is 4.87. The van der Waals surface area contributed by atoms with Crippen LogP contribution in [0.25, 0.3) is 0 Å². The Morgan fingerprint density at radius 2 is 1.96 bits per heavy atom. The molecule has 0 saturated carbocycles. The van der Waals surface area contributed by atoms with E-state index in [-0.39, 0.29) is 29.3 Å². The molecule has 0 saturated heterocycles. The normalized spacial score (nSPS) is 15.4. The summed E-state index contributed by atoms with van der Waals surface area (Å²) in [6, 6.07) is 14.7. The summed E-state index contributed by atoms with van der Waals surface area (Å²) in [5.74, 6) is -0.212. The van der Waals surface area contributed by atoms with Crippen molar-refractivity contribution in [3.8, 4) is 0 Å². The number of fused-ring (bicyclic) bond motifs is 1. The van der Waals surface area contributed by atoms with E-state index in [0.717, 1.165) is 15.6 Å². The van der Waals surface area contributed by atoms with Gasteiger partial charge in [0.05, 0.1) is 34.8 Å². The second kappa shape index (κ2) is 10.0. The molecule has 5 nitrogen and oxygen atoms in total. The molecular weight excluding hydrogens is 416 g/mol. The van der Waals surface area contributed by atoms with Gasteiger partial charge in [0.1, 0.15) is 0 Å². The molecule has 2 aromatic carbocycles. The number of aliphatic imine (C=N–C) groups is 1. The molecule has 1 amide bonds. The number of nitrogens with zero attached hydrogens (tertiary/aromatic N) is 1. The van der Waals surface area contributed by atoms with Gasteiger partial charge in [0.25, 0.3) is 0 Å². The SMILES string of the molecule is CCOC(=O)C[C@@H]1Sc2ccccc2N=C1SCC(=O)Nc1ccc(Cl)cc1. The van der Waals surface area contributed by atoms with E-state index in [1.807, 2.05) is 24.3 Å². The molecule has 1 heterocycles. The molecule has 0 bridgehead atoms. The van der Waals surface area contributed by atoms with Gasteiger partial charge in [-0.05, 0) is 43.3 Å². The summed E-state index contributed by atoms with van der Waals surface area (Å²) in [6.45, 7) is 2.13. The summed E-state index contributed by atoms with van der Waals surface area (Å²) >= 11 is 8.78. The summed E-state index contributed by atoms with van der Waals surface area (Å²) in [6.07, 6.45) is 0.220. The van der Waals surface area contributed by atoms with Gasteiger partial charge >= 0.3 is 5.97 Å². The van der Waals surface area contributed by atoms with Gasteiger partial charge in [-0.25, -0.2) is 4.99 Å². The molecular formula is C20H19ClN2O3S2. The van der Waals surface area contributed by atoms with Gasteiger partial charge in [-0.3, -0.25) is 9.59 Å². The molecule has 1 aliphatic rings. The number of carbonyl (C=O) groups excluding carboxylic acids is 2. The molecule has 0 aromatic heterocycles. The highest BCUT2D eigenvalue weighted by Crippen LogP contribution is 2.41. The van der Waals surface area contributed by atoms with Crippen molar-refractivity contribution < 1.29 is 14.3 Å². The molecule has 146 valence electrons. The summed E-state index contributed by atoms with van der Waals surface area (Å²) in [5, 5.41) is 4.03. The Bertz CT molecular complexity index is 887. The third kappa shape index (κ3) is 5.77. The van der Waals surface area contributed by atoms with Crippen molar-refractivity contribution in [1.82, 2.24) is 0 Å². The van der Waals surface area contributed by atoms with Crippen LogP contribution in [0.15, 0.2) is 58.4 Å². The lowest BCUT2D eigenvalue weighted by molar-refractivity contribution is -0.142. The van der Waals surface area contributed by atoms with Crippen molar-refractivity contribution in [3.05, 3.63) is 53.6 Å². The van der Waals surface area contributed by atoms with E-state index in [0.29, 0.717) is 17.3 Å². The van der Waals surface area contributed by atoms with Crippen molar-refractivity contribution in [3.63, 3.8) is 0 Å². The first-order chi connectivity index (χ1) is 13.5. The summed E-state index contributed by atoms with van der Waals surface area (Å²) in [5.41, 5.74) is 1.54. The van der Waals surface area contributed by atoms with Gasteiger partial charge in [0.2, 0.25) is 5.91 Å². The second-order valence-electron chi connectivity index (χ2n) is 5.88. The Kier molecular flexibility index (Phi) is 7.42. The minimum absolute atomic E-state index is 0.145. The van der Waals surface area contributed by atoms with Crippen LogP contribution in [0.2, 0.25) is 5.02 Å². The zero-order valence-electron chi connectivity index (χ0n) is 15.2. The number of amides is 1. The van der Waals surface area contributed by atoms with Gasteiger partial charge in [-0.2, -0.15) is 0 Å². The van der Waals surface area contributed by atoms with Crippen molar-refractivity contribution in [2.24, 2.45) is 4.99 Å². The van der Waals surface area contributed by atoms with Crippen LogP contribution >= 0.6 is 35.1 Å². The number of nitrogens with one attached hydrogen (secondary N) is 1. The Morgan fingerprint density at radius 3 is 2.71 bits per heavy atom. The lowest BCUT2D eigenvalue weighted by Crippen LogP contribution is -2.24. The minimum Gasteiger partial charge on any atom is -0.466 e. The van der Waals surface area contributed by atoms with Gasteiger partial charge < -0.3 is 10.1 Å². The fourth-order valence-electron chi connectivity index (χ4n) is 2.54. The topological polar surface area (TPSA) is 67.8 Å². The minimum atomic E-state index is -0.265. The van der Waals surface area contributed by atoms with E-state index in [1.165, 1.54) is 11.8 Å². The molecule has 1 N–H and O–H groups in total. The average molecular weight is 435 g/mol. The highest BCUT2D eigenvalue weighted by Gasteiger charge is 2.27. The molecule has 0 unspecified atom stereocenters. The lowest BCUT2D eigenvalue weighted by atomic mass is 10.3. The van der Waals surface area contributed by atoms with Gasteiger partial charge in [0, 0.05) is 15.6 Å². The molecule has 28 heavy (non-hydrogen) atoms. The van der Waals surface area contributed by atoms with Crippen LogP contribution in [-0.4, -0.2) is 34.5 Å². The third-order valence-corrected chi connectivity index (χ3v) is 6.53. The molecule has 1 aliphatic heterocycles. The van der Waals surface area contributed by atoms with Crippen LogP contribution in [-0.2, 0) is 14.3 Å². The van der Waals surface area contributed by atoms with E-state index < -0.39 is 0 Å². The predicted molar refractivity (Wildman–Crippen MR) is 117 cm³/mol. The van der Waals surface area contributed by atoms with Gasteiger partial charge in [-0.1, -0.05) is 35.5 Å². The maximum atomic E-state index is 12.3. The molecule has 0 spiro atoms. The Hall–Kier alpha value is -1.96. The second-order valence-corrected chi connectivity index (χ2v) is 8.55. The van der Waals surface area contributed by atoms with Crippen LogP contribution in [0.5, 0.6) is 0 Å². The summed E-state index contributed by atoms with van der Waals surface area (Å²) < 4.78 is 5.09. The zero-order valence-corrected chi connectivity index (χ0v) is 17.6. The fraction of sp³-hybridized carbons (Fsp3) is 0.250. The quantitative estimate of drug-likeness (QED) is 0.635. The number of thioether (sulfide) groups is 2. The highest BCUT2D eigenvalue weighted by atomic mass is 35.5. The standard InChI is InChI=1S/C20H19ClN2O3S2/c1-2-26-19(25)11-17-20(23-15-5-3-4-6-16(15)28-17)27-12-18(24)22-14-9-7-13(21)8-10-14/h3-10,17H,2,11-12H2,1H3,(H,22,24)/t17-/m0/s1. The first-order valence-corrected chi connectivity index (χ1v) is 11.0. The van der Waals surface area contributed by atoms with Crippen molar-refractivity contribution >= 4 is 63.4 Å². The molecule has 0 aliphatic carbocycles. The number of halogens is 1.